The summed E-state index contributed by atoms with van der Waals surface area (Å²) in [4.78, 5) is 25.5. The number of esters is 1. The number of hydrogen-bond acceptors (Lipinski definition) is 4. The maximum Gasteiger partial charge on any atom is 0.411 e. The minimum Gasteiger partial charge on any atom is -0.467 e. The molecule has 1 heterocycles. The van der Waals surface area contributed by atoms with Crippen molar-refractivity contribution in [1.29, 1.82) is 0 Å². The van der Waals surface area contributed by atoms with Gasteiger partial charge in [0.2, 0.25) is 0 Å². The Labute approximate surface area is 114 Å². The van der Waals surface area contributed by atoms with Crippen LogP contribution in [-0.4, -0.2) is 41.8 Å². The normalized spacial score (nSPS) is 23.1. The van der Waals surface area contributed by atoms with Crippen LogP contribution >= 0.6 is 0 Å². The van der Waals surface area contributed by atoms with Crippen molar-refractivity contribution in [2.75, 3.05) is 7.11 Å². The van der Waals surface area contributed by atoms with E-state index < -0.39 is 23.7 Å². The predicted molar refractivity (Wildman–Crippen MR) is 71.7 cm³/mol. The van der Waals surface area contributed by atoms with Crippen molar-refractivity contribution in [3.8, 4) is 0 Å². The van der Waals surface area contributed by atoms with Gasteiger partial charge in [-0.3, -0.25) is 4.90 Å². The van der Waals surface area contributed by atoms with Gasteiger partial charge in [0.15, 0.2) is 0 Å². The number of ether oxygens (including phenoxy) is 2. The van der Waals surface area contributed by atoms with Crippen molar-refractivity contribution in [3.63, 3.8) is 0 Å². The average Bonchev–Trinajstić information content (AvgIpc) is 2.70. The summed E-state index contributed by atoms with van der Waals surface area (Å²) in [7, 11) is 1.33. The van der Waals surface area contributed by atoms with Crippen molar-refractivity contribution < 1.29 is 19.1 Å². The second kappa shape index (κ2) is 6.08. The van der Waals surface area contributed by atoms with Gasteiger partial charge in [0.05, 0.1) is 7.11 Å². The quantitative estimate of drug-likeness (QED) is 0.583. The number of carbonyl (C=O) groups excluding carboxylic acids is 2. The van der Waals surface area contributed by atoms with Crippen LogP contribution in [0.4, 0.5) is 4.79 Å². The molecule has 0 aromatic carbocycles. The zero-order valence-corrected chi connectivity index (χ0v) is 12.1. The topological polar surface area (TPSA) is 55.8 Å². The third-order valence-electron chi connectivity index (χ3n) is 3.02. The molecule has 1 saturated heterocycles. The van der Waals surface area contributed by atoms with E-state index in [1.807, 2.05) is 0 Å². The molecule has 0 aromatic heterocycles. The summed E-state index contributed by atoms with van der Waals surface area (Å²) in [5.74, 6) is -0.391. The molecule has 1 aliphatic heterocycles. The lowest BCUT2D eigenvalue weighted by atomic mass is 10.1. The van der Waals surface area contributed by atoms with Gasteiger partial charge < -0.3 is 9.47 Å². The van der Waals surface area contributed by atoms with E-state index in [1.54, 1.807) is 26.8 Å². The Morgan fingerprint density at radius 1 is 1.37 bits per heavy atom. The van der Waals surface area contributed by atoms with Gasteiger partial charge >= 0.3 is 12.1 Å². The highest BCUT2D eigenvalue weighted by Gasteiger charge is 2.42. The van der Waals surface area contributed by atoms with E-state index in [2.05, 4.69) is 6.58 Å². The molecule has 19 heavy (non-hydrogen) atoms. The van der Waals surface area contributed by atoms with Crippen LogP contribution in [-0.2, 0) is 14.3 Å². The molecule has 2 atom stereocenters. The molecule has 5 nitrogen and oxygen atoms in total. The van der Waals surface area contributed by atoms with E-state index in [4.69, 9.17) is 9.47 Å². The summed E-state index contributed by atoms with van der Waals surface area (Å²) < 4.78 is 10.1. The average molecular weight is 269 g/mol. The number of amides is 1. The number of rotatable bonds is 3. The van der Waals surface area contributed by atoms with Gasteiger partial charge in [0.1, 0.15) is 11.6 Å². The number of carbonyl (C=O) groups is 2. The molecule has 1 aliphatic rings. The zero-order chi connectivity index (χ0) is 14.6. The van der Waals surface area contributed by atoms with Crippen molar-refractivity contribution >= 4 is 12.1 Å². The molecular formula is C14H23NO4. The lowest BCUT2D eigenvalue weighted by Crippen LogP contribution is -2.47. The van der Waals surface area contributed by atoms with E-state index in [0.29, 0.717) is 12.8 Å². The van der Waals surface area contributed by atoms with Crippen LogP contribution in [0.25, 0.3) is 0 Å². The van der Waals surface area contributed by atoms with Crippen molar-refractivity contribution in [3.05, 3.63) is 12.7 Å². The number of methoxy groups -OCH3 is 1. The monoisotopic (exact) mass is 269 g/mol. The summed E-state index contributed by atoms with van der Waals surface area (Å²) in [6.45, 7) is 9.09. The highest BCUT2D eigenvalue weighted by Crippen LogP contribution is 2.29. The van der Waals surface area contributed by atoms with Gasteiger partial charge in [-0.15, -0.1) is 6.58 Å². The number of nitrogens with zero attached hydrogens (tertiary/aromatic N) is 1. The molecule has 0 saturated carbocycles. The number of hydrogen-bond donors (Lipinski definition) is 0. The van der Waals surface area contributed by atoms with Crippen LogP contribution in [0.15, 0.2) is 12.7 Å². The Morgan fingerprint density at radius 2 is 2.00 bits per heavy atom. The molecule has 5 heteroatoms. The summed E-state index contributed by atoms with van der Waals surface area (Å²) in [5, 5.41) is 0. The van der Waals surface area contributed by atoms with E-state index in [1.165, 1.54) is 12.0 Å². The first-order valence-corrected chi connectivity index (χ1v) is 6.50. The molecule has 108 valence electrons. The first-order chi connectivity index (χ1) is 8.80. The minimum absolute atomic E-state index is 0.0450. The Morgan fingerprint density at radius 3 is 2.47 bits per heavy atom. The largest absolute Gasteiger partial charge is 0.467 e. The molecule has 0 aromatic rings. The Hall–Kier alpha value is -1.52. The van der Waals surface area contributed by atoms with Crippen LogP contribution < -0.4 is 0 Å². The minimum atomic E-state index is -0.584. The maximum atomic E-state index is 12.2. The predicted octanol–water partition coefficient (Wildman–Crippen LogP) is 2.50. The van der Waals surface area contributed by atoms with Gasteiger partial charge in [-0.05, 0) is 40.0 Å². The highest BCUT2D eigenvalue weighted by molar-refractivity contribution is 5.82. The van der Waals surface area contributed by atoms with E-state index in [9.17, 15) is 9.59 Å². The van der Waals surface area contributed by atoms with Crippen molar-refractivity contribution in [2.24, 2.45) is 0 Å². The van der Waals surface area contributed by atoms with Gasteiger partial charge in [-0.25, -0.2) is 9.59 Å². The van der Waals surface area contributed by atoms with Gasteiger partial charge in [0.25, 0.3) is 0 Å². The Balaban J connectivity index is 2.88. The maximum absolute atomic E-state index is 12.2. The Kier molecular flexibility index (Phi) is 4.97. The van der Waals surface area contributed by atoms with Gasteiger partial charge in [-0.2, -0.15) is 0 Å². The first kappa shape index (κ1) is 15.5. The molecule has 0 aliphatic carbocycles. The second-order valence-corrected chi connectivity index (χ2v) is 5.68. The summed E-state index contributed by atoms with van der Waals surface area (Å²) in [6, 6.07) is -0.596. The summed E-state index contributed by atoms with van der Waals surface area (Å²) in [6.07, 6.45) is 3.29. The molecule has 0 spiro atoms. The standard InChI is InChI=1S/C14H23NO4/c1-6-7-10-8-9-11(12(16)18-5)15(10)13(17)19-14(2,3)4/h6,10-11H,1,7-9H2,2-5H3/t10-,11-/m1/s1. The Bertz CT molecular complexity index is 359. The van der Waals surface area contributed by atoms with Gasteiger partial charge in [-0.1, -0.05) is 6.08 Å². The molecule has 0 unspecified atom stereocenters. The second-order valence-electron chi connectivity index (χ2n) is 5.68. The molecule has 0 bridgehead atoms. The third kappa shape index (κ3) is 3.98. The highest BCUT2D eigenvalue weighted by atomic mass is 16.6. The molecule has 1 rings (SSSR count). The molecule has 1 fully saturated rings. The lowest BCUT2D eigenvalue weighted by Gasteiger charge is -2.31. The lowest BCUT2D eigenvalue weighted by molar-refractivity contribution is -0.146. The van der Waals surface area contributed by atoms with Crippen molar-refractivity contribution in [1.82, 2.24) is 4.90 Å². The third-order valence-corrected chi connectivity index (χ3v) is 3.02. The summed E-state index contributed by atoms with van der Waals surface area (Å²) >= 11 is 0. The smallest absolute Gasteiger partial charge is 0.411 e. The van der Waals surface area contributed by atoms with Crippen LogP contribution in [0, 0.1) is 0 Å². The fraction of sp³-hybridized carbons (Fsp3) is 0.714. The zero-order valence-electron chi connectivity index (χ0n) is 12.1. The SMILES string of the molecule is C=CC[C@@H]1CC[C@H](C(=O)OC)N1C(=O)OC(C)(C)C. The fourth-order valence-electron chi connectivity index (χ4n) is 2.27. The molecule has 0 radical (unpaired) electrons. The van der Waals surface area contributed by atoms with E-state index in [0.717, 1.165) is 6.42 Å². The number of likely N-dealkylation sites (tertiary alicyclic amines) is 1. The van der Waals surface area contributed by atoms with Crippen LogP contribution in [0.5, 0.6) is 0 Å². The van der Waals surface area contributed by atoms with Crippen molar-refractivity contribution in [2.45, 2.75) is 57.7 Å². The van der Waals surface area contributed by atoms with Crippen LogP contribution in [0.3, 0.4) is 0 Å². The summed E-state index contributed by atoms with van der Waals surface area (Å²) in [5.41, 5.74) is -0.584. The van der Waals surface area contributed by atoms with Crippen LogP contribution in [0.2, 0.25) is 0 Å². The van der Waals surface area contributed by atoms with Gasteiger partial charge in [0, 0.05) is 6.04 Å². The molecular weight excluding hydrogens is 246 g/mol. The van der Waals surface area contributed by atoms with Crippen LogP contribution in [0.1, 0.15) is 40.0 Å². The molecule has 0 N–H and O–H groups in total. The van der Waals surface area contributed by atoms with E-state index in [-0.39, 0.29) is 6.04 Å². The first-order valence-electron chi connectivity index (χ1n) is 6.50. The fourth-order valence-corrected chi connectivity index (χ4v) is 2.27. The molecule has 1 amide bonds. The van der Waals surface area contributed by atoms with E-state index >= 15 is 0 Å².